The fourth-order valence-corrected chi connectivity index (χ4v) is 1.44. The average Bonchev–Trinajstić information content (AvgIpc) is 2.18. The van der Waals surface area contributed by atoms with Crippen molar-refractivity contribution in [2.45, 2.75) is 32.8 Å². The molecule has 0 aliphatic carbocycles. The zero-order valence-corrected chi connectivity index (χ0v) is 9.95. The van der Waals surface area contributed by atoms with Crippen LogP contribution >= 0.6 is 0 Å². The Hall–Kier alpha value is -1.02. The van der Waals surface area contributed by atoms with Crippen molar-refractivity contribution >= 4 is 0 Å². The van der Waals surface area contributed by atoms with Crippen LogP contribution in [0.1, 0.15) is 26.3 Å². The summed E-state index contributed by atoms with van der Waals surface area (Å²) in [5.41, 5.74) is 0.368. The van der Waals surface area contributed by atoms with E-state index in [1.807, 2.05) is 45.0 Å². The molecular weight excluding hydrogens is 188 g/mol. The third kappa shape index (κ3) is 2.96. The maximum absolute atomic E-state index is 10.2. The van der Waals surface area contributed by atoms with Gasteiger partial charge in [0.15, 0.2) is 0 Å². The predicted octanol–water partition coefficient (Wildman–Crippen LogP) is 2.64. The molecule has 2 heteroatoms. The van der Waals surface area contributed by atoms with Gasteiger partial charge in [0, 0.05) is 6.42 Å². The van der Waals surface area contributed by atoms with Crippen LogP contribution in [0.5, 0.6) is 5.75 Å². The second-order valence-corrected chi connectivity index (χ2v) is 4.50. The number of para-hydroxylation sites is 1. The van der Waals surface area contributed by atoms with Crippen LogP contribution in [0.2, 0.25) is 0 Å². The molecular formula is C13H20O2. The SMILES string of the molecule is COc1ccccc1CC(C)(O)C(C)C. The van der Waals surface area contributed by atoms with Crippen molar-refractivity contribution in [3.8, 4) is 5.75 Å². The summed E-state index contributed by atoms with van der Waals surface area (Å²) in [4.78, 5) is 0. The summed E-state index contributed by atoms with van der Waals surface area (Å²) in [6, 6.07) is 7.82. The number of aliphatic hydroxyl groups is 1. The molecule has 0 spiro atoms. The highest BCUT2D eigenvalue weighted by atomic mass is 16.5. The highest BCUT2D eigenvalue weighted by Crippen LogP contribution is 2.26. The maximum Gasteiger partial charge on any atom is 0.122 e. The summed E-state index contributed by atoms with van der Waals surface area (Å²) in [5.74, 6) is 1.07. The normalized spacial score (nSPS) is 15.1. The first-order valence-electron chi connectivity index (χ1n) is 5.31. The monoisotopic (exact) mass is 208 g/mol. The van der Waals surface area contributed by atoms with Crippen molar-refractivity contribution in [1.29, 1.82) is 0 Å². The lowest BCUT2D eigenvalue weighted by Crippen LogP contribution is -2.33. The van der Waals surface area contributed by atoms with Gasteiger partial charge in [-0.2, -0.15) is 0 Å². The van der Waals surface area contributed by atoms with Gasteiger partial charge < -0.3 is 9.84 Å². The second kappa shape index (κ2) is 4.67. The molecule has 84 valence electrons. The second-order valence-electron chi connectivity index (χ2n) is 4.50. The van der Waals surface area contributed by atoms with E-state index in [1.54, 1.807) is 7.11 Å². The highest BCUT2D eigenvalue weighted by Gasteiger charge is 2.26. The average molecular weight is 208 g/mol. The molecule has 1 atom stereocenters. The minimum atomic E-state index is -0.686. The molecule has 0 aliphatic heterocycles. The lowest BCUT2D eigenvalue weighted by atomic mass is 9.86. The minimum Gasteiger partial charge on any atom is -0.496 e. The van der Waals surface area contributed by atoms with Crippen molar-refractivity contribution in [2.75, 3.05) is 7.11 Å². The molecule has 0 heterocycles. The maximum atomic E-state index is 10.2. The largest absolute Gasteiger partial charge is 0.496 e. The summed E-state index contributed by atoms with van der Waals surface area (Å²) in [7, 11) is 1.66. The van der Waals surface area contributed by atoms with Crippen LogP contribution in [0.15, 0.2) is 24.3 Å². The molecule has 1 N–H and O–H groups in total. The molecule has 0 saturated carbocycles. The molecule has 0 aromatic heterocycles. The zero-order valence-electron chi connectivity index (χ0n) is 9.95. The van der Waals surface area contributed by atoms with Gasteiger partial charge >= 0.3 is 0 Å². The number of hydrogen-bond acceptors (Lipinski definition) is 2. The van der Waals surface area contributed by atoms with Crippen molar-refractivity contribution in [3.05, 3.63) is 29.8 Å². The van der Waals surface area contributed by atoms with Crippen molar-refractivity contribution in [3.63, 3.8) is 0 Å². The molecule has 0 amide bonds. The van der Waals surface area contributed by atoms with Gasteiger partial charge in [-0.25, -0.2) is 0 Å². The molecule has 1 unspecified atom stereocenters. The summed E-state index contributed by atoms with van der Waals surface area (Å²) in [6.45, 7) is 5.91. The van der Waals surface area contributed by atoms with Crippen LogP contribution in [-0.4, -0.2) is 17.8 Å². The molecule has 0 radical (unpaired) electrons. The molecule has 1 rings (SSSR count). The topological polar surface area (TPSA) is 29.5 Å². The summed E-state index contributed by atoms with van der Waals surface area (Å²) in [5, 5.41) is 10.2. The number of rotatable bonds is 4. The molecule has 1 aromatic carbocycles. The van der Waals surface area contributed by atoms with E-state index in [-0.39, 0.29) is 5.92 Å². The molecule has 0 aliphatic rings. The van der Waals surface area contributed by atoms with E-state index in [2.05, 4.69) is 0 Å². The summed E-state index contributed by atoms with van der Waals surface area (Å²) in [6.07, 6.45) is 0.620. The quantitative estimate of drug-likeness (QED) is 0.824. The van der Waals surface area contributed by atoms with Gasteiger partial charge in [0.2, 0.25) is 0 Å². The van der Waals surface area contributed by atoms with Crippen LogP contribution in [0, 0.1) is 5.92 Å². The number of benzene rings is 1. The Morgan fingerprint density at radius 2 is 1.93 bits per heavy atom. The summed E-state index contributed by atoms with van der Waals surface area (Å²) < 4.78 is 5.26. The molecule has 0 saturated heterocycles. The smallest absolute Gasteiger partial charge is 0.122 e. The van der Waals surface area contributed by atoms with E-state index in [9.17, 15) is 5.11 Å². The first-order chi connectivity index (χ1) is 6.97. The predicted molar refractivity (Wildman–Crippen MR) is 62.2 cm³/mol. The minimum absolute atomic E-state index is 0.224. The Kier molecular flexibility index (Phi) is 3.75. The molecule has 1 aromatic rings. The Bertz CT molecular complexity index is 316. The van der Waals surface area contributed by atoms with Gasteiger partial charge in [-0.15, -0.1) is 0 Å². The Balaban J connectivity index is 2.89. The molecule has 0 bridgehead atoms. The fourth-order valence-electron chi connectivity index (χ4n) is 1.44. The van der Waals surface area contributed by atoms with Gasteiger partial charge in [0.25, 0.3) is 0 Å². The Labute approximate surface area is 91.9 Å². The van der Waals surface area contributed by atoms with Gasteiger partial charge in [0.1, 0.15) is 5.75 Å². The fraction of sp³-hybridized carbons (Fsp3) is 0.538. The van der Waals surface area contributed by atoms with Crippen LogP contribution in [0.25, 0.3) is 0 Å². The van der Waals surface area contributed by atoms with E-state index in [4.69, 9.17) is 4.74 Å². The van der Waals surface area contributed by atoms with Crippen LogP contribution in [0.4, 0.5) is 0 Å². The Morgan fingerprint density at radius 3 is 2.47 bits per heavy atom. The summed E-state index contributed by atoms with van der Waals surface area (Å²) >= 11 is 0. The number of methoxy groups -OCH3 is 1. The first kappa shape index (κ1) is 12.1. The lowest BCUT2D eigenvalue weighted by Gasteiger charge is -2.28. The van der Waals surface area contributed by atoms with E-state index in [1.165, 1.54) is 0 Å². The van der Waals surface area contributed by atoms with Gasteiger partial charge in [-0.1, -0.05) is 32.0 Å². The van der Waals surface area contributed by atoms with Gasteiger partial charge in [-0.05, 0) is 24.5 Å². The number of ether oxygens (including phenoxy) is 1. The van der Waals surface area contributed by atoms with Crippen molar-refractivity contribution in [2.24, 2.45) is 5.92 Å². The van der Waals surface area contributed by atoms with Gasteiger partial charge in [-0.3, -0.25) is 0 Å². The van der Waals surface area contributed by atoms with Crippen LogP contribution in [0.3, 0.4) is 0 Å². The first-order valence-corrected chi connectivity index (χ1v) is 5.31. The van der Waals surface area contributed by atoms with E-state index in [0.717, 1.165) is 11.3 Å². The lowest BCUT2D eigenvalue weighted by molar-refractivity contribution is 0.0135. The zero-order chi connectivity index (χ0) is 11.5. The van der Waals surface area contributed by atoms with Crippen molar-refractivity contribution < 1.29 is 9.84 Å². The van der Waals surface area contributed by atoms with Crippen LogP contribution < -0.4 is 4.74 Å². The Morgan fingerprint density at radius 1 is 1.33 bits per heavy atom. The molecule has 15 heavy (non-hydrogen) atoms. The standard InChI is InChI=1S/C13H20O2/c1-10(2)13(3,14)9-11-7-5-6-8-12(11)15-4/h5-8,10,14H,9H2,1-4H3. The number of hydrogen-bond donors (Lipinski definition) is 1. The van der Waals surface area contributed by atoms with E-state index in [0.29, 0.717) is 6.42 Å². The third-order valence-electron chi connectivity index (χ3n) is 2.98. The van der Waals surface area contributed by atoms with Crippen LogP contribution in [-0.2, 0) is 6.42 Å². The van der Waals surface area contributed by atoms with E-state index >= 15 is 0 Å². The van der Waals surface area contributed by atoms with Gasteiger partial charge in [0.05, 0.1) is 12.7 Å². The highest BCUT2D eigenvalue weighted by molar-refractivity contribution is 5.34. The van der Waals surface area contributed by atoms with Crippen molar-refractivity contribution in [1.82, 2.24) is 0 Å². The molecule has 0 fully saturated rings. The van der Waals surface area contributed by atoms with E-state index < -0.39 is 5.60 Å². The third-order valence-corrected chi connectivity index (χ3v) is 2.98. The molecule has 2 nitrogen and oxygen atoms in total.